The van der Waals surface area contributed by atoms with Gasteiger partial charge in [0.2, 0.25) is 0 Å². The van der Waals surface area contributed by atoms with Crippen molar-refractivity contribution >= 4 is 17.4 Å². The summed E-state index contributed by atoms with van der Waals surface area (Å²) in [6.45, 7) is 2.17. The lowest BCUT2D eigenvalue weighted by Gasteiger charge is -2.37. The van der Waals surface area contributed by atoms with Crippen molar-refractivity contribution in [2.75, 3.05) is 30.9 Å². The minimum absolute atomic E-state index is 0.940. The molecule has 1 saturated heterocycles. The van der Waals surface area contributed by atoms with E-state index in [2.05, 4.69) is 29.2 Å². The molecule has 4 heteroatoms. The van der Waals surface area contributed by atoms with Crippen LogP contribution in [0.3, 0.4) is 0 Å². The zero-order valence-electron chi connectivity index (χ0n) is 16.5. The highest BCUT2D eigenvalue weighted by Gasteiger charge is 2.32. The summed E-state index contributed by atoms with van der Waals surface area (Å²) in [7, 11) is 1.74. The predicted molar refractivity (Wildman–Crippen MR) is 116 cm³/mol. The molecule has 2 heterocycles. The lowest BCUT2D eigenvalue weighted by atomic mass is 9.78. The standard InChI is InChI=1S/C24H26N2OS/c1-27-17-6-8-18-16(13-17)5-7-20-23(18)22-15-28-12-9-19(22)21(14-25)24(20)26-10-3-2-4-11-26/h6,8,13H,2-5,7,9-12,15H2,1H3. The first-order valence-electron chi connectivity index (χ1n) is 10.4. The second kappa shape index (κ2) is 7.37. The van der Waals surface area contributed by atoms with E-state index >= 15 is 0 Å². The number of nitriles is 1. The minimum atomic E-state index is 0.940. The average Bonchev–Trinajstić information content (AvgIpc) is 2.77. The molecule has 0 unspecified atom stereocenters. The Hall–Kier alpha value is -2.12. The largest absolute Gasteiger partial charge is 0.497 e. The van der Waals surface area contributed by atoms with E-state index in [4.69, 9.17) is 4.74 Å². The van der Waals surface area contributed by atoms with Crippen LogP contribution >= 0.6 is 11.8 Å². The molecule has 0 saturated carbocycles. The number of ether oxygens (including phenoxy) is 1. The van der Waals surface area contributed by atoms with E-state index in [9.17, 15) is 5.26 Å². The van der Waals surface area contributed by atoms with Gasteiger partial charge in [-0.25, -0.2) is 0 Å². The van der Waals surface area contributed by atoms with Crippen LogP contribution < -0.4 is 9.64 Å². The van der Waals surface area contributed by atoms with Crippen molar-refractivity contribution in [1.82, 2.24) is 0 Å². The fourth-order valence-corrected chi connectivity index (χ4v) is 6.26. The van der Waals surface area contributed by atoms with Gasteiger partial charge in [-0.3, -0.25) is 0 Å². The van der Waals surface area contributed by atoms with Gasteiger partial charge in [-0.15, -0.1) is 0 Å². The molecule has 3 aliphatic rings. The molecule has 0 spiro atoms. The fraction of sp³-hybridized carbons (Fsp3) is 0.458. The molecule has 0 radical (unpaired) electrons. The molecule has 1 fully saturated rings. The van der Waals surface area contributed by atoms with Crippen molar-refractivity contribution < 1.29 is 4.74 Å². The Morgan fingerprint density at radius 1 is 1.04 bits per heavy atom. The summed E-state index contributed by atoms with van der Waals surface area (Å²) in [6, 6.07) is 9.19. The monoisotopic (exact) mass is 390 g/mol. The van der Waals surface area contributed by atoms with Crippen molar-refractivity contribution in [3.05, 3.63) is 46.0 Å². The molecule has 2 aliphatic heterocycles. The molecule has 0 aromatic heterocycles. The predicted octanol–water partition coefficient (Wildman–Crippen LogP) is 5.11. The van der Waals surface area contributed by atoms with Gasteiger partial charge in [0, 0.05) is 18.8 Å². The third kappa shape index (κ3) is 2.79. The second-order valence-electron chi connectivity index (χ2n) is 8.02. The normalized spacial score (nSPS) is 17.9. The van der Waals surface area contributed by atoms with Crippen molar-refractivity contribution in [3.8, 4) is 22.9 Å². The molecule has 3 nitrogen and oxygen atoms in total. The van der Waals surface area contributed by atoms with Gasteiger partial charge < -0.3 is 9.64 Å². The Bertz CT molecular complexity index is 970. The van der Waals surface area contributed by atoms with E-state index in [1.54, 1.807) is 7.11 Å². The molecular weight excluding hydrogens is 364 g/mol. The summed E-state index contributed by atoms with van der Waals surface area (Å²) < 4.78 is 5.48. The van der Waals surface area contributed by atoms with Crippen molar-refractivity contribution in [3.63, 3.8) is 0 Å². The molecule has 0 atom stereocenters. The van der Waals surface area contributed by atoms with Crippen LogP contribution in [0, 0.1) is 11.3 Å². The molecular formula is C24H26N2OS. The van der Waals surface area contributed by atoms with Crippen molar-refractivity contribution in [2.45, 2.75) is 44.3 Å². The number of rotatable bonds is 2. The van der Waals surface area contributed by atoms with Crippen LogP contribution in [0.4, 0.5) is 5.69 Å². The SMILES string of the molecule is COc1ccc2c(c1)CCc1c-2c2c(c(C#N)c1N1CCCCC1)CCSC2. The number of thioether (sulfide) groups is 1. The van der Waals surface area contributed by atoms with Gasteiger partial charge in [-0.1, -0.05) is 6.07 Å². The average molecular weight is 391 g/mol. The zero-order valence-corrected chi connectivity index (χ0v) is 17.3. The zero-order chi connectivity index (χ0) is 19.1. The summed E-state index contributed by atoms with van der Waals surface area (Å²) in [5.41, 5.74) is 10.6. The van der Waals surface area contributed by atoms with Gasteiger partial charge in [-0.2, -0.15) is 17.0 Å². The van der Waals surface area contributed by atoms with E-state index in [1.807, 2.05) is 11.8 Å². The number of hydrogen-bond donors (Lipinski definition) is 0. The van der Waals surface area contributed by atoms with E-state index in [0.29, 0.717) is 0 Å². The first-order chi connectivity index (χ1) is 13.8. The van der Waals surface area contributed by atoms with Crippen molar-refractivity contribution in [1.29, 1.82) is 5.26 Å². The van der Waals surface area contributed by atoms with E-state index in [1.165, 1.54) is 58.3 Å². The first-order valence-corrected chi connectivity index (χ1v) is 11.6. The maximum atomic E-state index is 10.2. The van der Waals surface area contributed by atoms with Crippen LogP contribution in [-0.2, 0) is 25.0 Å². The Morgan fingerprint density at radius 2 is 1.89 bits per heavy atom. The van der Waals surface area contributed by atoms with Crippen LogP contribution in [0.5, 0.6) is 5.75 Å². The summed E-state index contributed by atoms with van der Waals surface area (Å²) in [5.74, 6) is 3.09. The van der Waals surface area contributed by atoms with Crippen LogP contribution in [0.1, 0.15) is 47.1 Å². The number of benzene rings is 2. The van der Waals surface area contributed by atoms with Gasteiger partial charge in [0.1, 0.15) is 11.8 Å². The number of anilines is 1. The van der Waals surface area contributed by atoms with E-state index in [-0.39, 0.29) is 0 Å². The Morgan fingerprint density at radius 3 is 2.68 bits per heavy atom. The molecule has 0 bridgehead atoms. The van der Waals surface area contributed by atoms with Gasteiger partial charge in [-0.05, 0) is 89.8 Å². The third-order valence-electron chi connectivity index (χ3n) is 6.55. The van der Waals surface area contributed by atoms with E-state index < -0.39 is 0 Å². The molecule has 0 N–H and O–H groups in total. The smallest absolute Gasteiger partial charge is 0.119 e. The molecule has 144 valence electrons. The maximum absolute atomic E-state index is 10.2. The molecule has 0 amide bonds. The number of methoxy groups -OCH3 is 1. The Balaban J connectivity index is 1.79. The Labute approximate surface area is 171 Å². The molecule has 28 heavy (non-hydrogen) atoms. The quantitative estimate of drug-likeness (QED) is 0.714. The highest BCUT2D eigenvalue weighted by molar-refractivity contribution is 7.98. The molecule has 2 aromatic carbocycles. The van der Waals surface area contributed by atoms with Gasteiger partial charge >= 0.3 is 0 Å². The van der Waals surface area contributed by atoms with E-state index in [0.717, 1.165) is 55.2 Å². The summed E-state index contributed by atoms with van der Waals surface area (Å²) in [5, 5.41) is 10.2. The van der Waals surface area contributed by atoms with Gasteiger partial charge in [0.15, 0.2) is 0 Å². The summed E-state index contributed by atoms with van der Waals surface area (Å²) in [6.07, 6.45) is 6.85. The topological polar surface area (TPSA) is 36.3 Å². The summed E-state index contributed by atoms with van der Waals surface area (Å²) in [4.78, 5) is 2.53. The van der Waals surface area contributed by atoms with Crippen LogP contribution in [-0.4, -0.2) is 26.0 Å². The lowest BCUT2D eigenvalue weighted by Crippen LogP contribution is -2.32. The number of piperidine rings is 1. The molecule has 5 rings (SSSR count). The van der Waals surface area contributed by atoms with Gasteiger partial charge in [0.05, 0.1) is 18.4 Å². The molecule has 2 aromatic rings. The number of nitrogens with zero attached hydrogens (tertiary/aromatic N) is 2. The number of hydrogen-bond acceptors (Lipinski definition) is 4. The first kappa shape index (κ1) is 17.9. The van der Waals surface area contributed by atoms with Crippen molar-refractivity contribution in [2.24, 2.45) is 0 Å². The Kier molecular flexibility index (Phi) is 4.72. The van der Waals surface area contributed by atoms with Gasteiger partial charge in [0.25, 0.3) is 0 Å². The minimum Gasteiger partial charge on any atom is -0.497 e. The number of fused-ring (bicyclic) bond motifs is 5. The highest BCUT2D eigenvalue weighted by atomic mass is 32.2. The number of aryl methyl sites for hydroxylation is 1. The fourth-order valence-electron chi connectivity index (χ4n) is 5.24. The maximum Gasteiger partial charge on any atom is 0.119 e. The molecule has 1 aliphatic carbocycles. The van der Waals surface area contributed by atoms with Crippen LogP contribution in [0.2, 0.25) is 0 Å². The highest BCUT2D eigenvalue weighted by Crippen LogP contribution is 2.48. The summed E-state index contributed by atoms with van der Waals surface area (Å²) >= 11 is 2.01. The van der Waals surface area contributed by atoms with Crippen LogP contribution in [0.25, 0.3) is 11.1 Å². The third-order valence-corrected chi connectivity index (χ3v) is 7.53. The lowest BCUT2D eigenvalue weighted by molar-refractivity contribution is 0.414. The van der Waals surface area contributed by atoms with Crippen LogP contribution in [0.15, 0.2) is 18.2 Å². The second-order valence-corrected chi connectivity index (χ2v) is 9.12.